The van der Waals surface area contributed by atoms with E-state index in [9.17, 15) is 9.59 Å². The minimum atomic E-state index is -2.69. The number of rotatable bonds is 2. The van der Waals surface area contributed by atoms with Crippen LogP contribution in [0.5, 0.6) is 0 Å². The van der Waals surface area contributed by atoms with Gasteiger partial charge in [-0.05, 0) is 12.1 Å². The molecule has 134 valence electrons. The van der Waals surface area contributed by atoms with E-state index in [-0.39, 0.29) is 30.3 Å². The molecular weight excluding hydrogens is 360 g/mol. The molecule has 0 aromatic carbocycles. The van der Waals surface area contributed by atoms with Crippen molar-refractivity contribution in [3.8, 4) is 0 Å². The van der Waals surface area contributed by atoms with E-state index in [0.29, 0.717) is 9.92 Å². The van der Waals surface area contributed by atoms with Crippen molar-refractivity contribution >= 4 is 29.4 Å². The summed E-state index contributed by atoms with van der Waals surface area (Å²) < 4.78 is 37.1. The topological polar surface area (TPSA) is 101 Å². The molecule has 1 saturated heterocycles. The van der Waals surface area contributed by atoms with Crippen molar-refractivity contribution < 1.29 is 19.8 Å². The fourth-order valence-electron chi connectivity index (χ4n) is 2.57. The molecule has 0 radical (unpaired) electrons. The summed E-state index contributed by atoms with van der Waals surface area (Å²) in [7, 11) is 0. The Balaban J connectivity index is 1.69. The van der Waals surface area contributed by atoms with Gasteiger partial charge in [0.15, 0.2) is 5.69 Å². The Morgan fingerprint density at radius 1 is 1.35 bits per heavy atom. The number of carbonyl (C=O) groups excluding carboxylic acids is 2. The van der Waals surface area contributed by atoms with Gasteiger partial charge in [0.05, 0.1) is 7.76 Å². The zero-order chi connectivity index (χ0) is 21.7. The van der Waals surface area contributed by atoms with Gasteiger partial charge in [-0.1, -0.05) is 11.6 Å². The van der Waals surface area contributed by atoms with Gasteiger partial charge in [0.1, 0.15) is 11.5 Å². The van der Waals surface area contributed by atoms with Crippen LogP contribution in [0, 0.1) is 0 Å². The number of nitrogens with zero attached hydrogens (tertiary/aromatic N) is 5. The Hall–Kier alpha value is -2.78. The number of piperazine rings is 1. The maximum absolute atomic E-state index is 12.9. The quantitative estimate of drug-likeness (QED) is 0.838. The number of hydrogen-bond acceptors (Lipinski definition) is 7. The maximum Gasteiger partial charge on any atom is 0.412 e. The van der Waals surface area contributed by atoms with Gasteiger partial charge in [0, 0.05) is 47.4 Å². The van der Waals surface area contributed by atoms with Crippen LogP contribution in [0.3, 0.4) is 0 Å². The fraction of sp³-hybridized carbons (Fsp3) is 0.312. The lowest BCUT2D eigenvalue weighted by molar-refractivity contribution is 0.0565. The maximum atomic E-state index is 12.9. The molecular formula is C16H15ClN6O3. The smallest absolute Gasteiger partial charge is 0.412 e. The molecule has 1 N–H and O–H groups in total. The van der Waals surface area contributed by atoms with Crippen molar-refractivity contribution in [2.75, 3.05) is 31.0 Å². The highest BCUT2D eigenvalue weighted by Gasteiger charge is 2.44. The van der Waals surface area contributed by atoms with Gasteiger partial charge >= 0.3 is 6.09 Å². The van der Waals surface area contributed by atoms with Gasteiger partial charge in [0.2, 0.25) is 6.23 Å². The summed E-state index contributed by atoms with van der Waals surface area (Å²) in [5.41, 5.74) is 0.0250. The first-order chi connectivity index (χ1) is 14.1. The number of aromatic nitrogens is 3. The SMILES string of the molecule is [2H]C1([2H])NCCN(C(=O)OC2c3nccnc3C(=O)N2c2ccc(Cl)cn2)C1([2H])[2H]. The average Bonchev–Trinajstić information content (AvgIpc) is 2.97. The lowest BCUT2D eigenvalue weighted by Gasteiger charge is -2.30. The van der Waals surface area contributed by atoms with E-state index in [1.54, 1.807) is 0 Å². The average molecular weight is 379 g/mol. The monoisotopic (exact) mass is 378 g/mol. The van der Waals surface area contributed by atoms with Crippen LogP contribution < -0.4 is 10.2 Å². The number of fused-ring (bicyclic) bond motifs is 1. The number of hydrogen-bond donors (Lipinski definition) is 1. The zero-order valence-corrected chi connectivity index (χ0v) is 14.0. The first-order valence-corrected chi connectivity index (χ1v) is 8.00. The van der Waals surface area contributed by atoms with Gasteiger partial charge in [0.25, 0.3) is 5.91 Å². The van der Waals surface area contributed by atoms with Crippen LogP contribution in [-0.4, -0.2) is 57.9 Å². The second-order valence-corrected chi connectivity index (χ2v) is 5.79. The Labute approximate surface area is 159 Å². The number of amides is 2. The van der Waals surface area contributed by atoms with Crippen molar-refractivity contribution in [2.45, 2.75) is 6.23 Å². The molecule has 0 aliphatic carbocycles. The normalized spacial score (nSPS) is 25.6. The van der Waals surface area contributed by atoms with Crippen molar-refractivity contribution in [3.63, 3.8) is 0 Å². The predicted octanol–water partition coefficient (Wildman–Crippen LogP) is 1.23. The second kappa shape index (κ2) is 6.85. The molecule has 1 atom stereocenters. The van der Waals surface area contributed by atoms with Crippen molar-refractivity contribution in [2.24, 2.45) is 0 Å². The summed E-state index contributed by atoms with van der Waals surface area (Å²) in [4.78, 5) is 39.6. The standard InChI is InChI=1S/C16H15ClN6O3/c17-10-1-2-11(21-9-10)23-14(24)12-13(20-4-3-19-12)15(23)26-16(25)22-7-5-18-6-8-22/h1-4,9,15,18H,5-8H2/i5D2,7D2. The third-order valence-corrected chi connectivity index (χ3v) is 3.97. The van der Waals surface area contributed by atoms with Crippen molar-refractivity contribution in [1.82, 2.24) is 25.2 Å². The summed E-state index contributed by atoms with van der Waals surface area (Å²) in [5, 5.41) is 2.73. The fourth-order valence-corrected chi connectivity index (χ4v) is 2.68. The molecule has 0 bridgehead atoms. The van der Waals surface area contributed by atoms with Gasteiger partial charge in [-0.15, -0.1) is 0 Å². The van der Waals surface area contributed by atoms with E-state index in [1.807, 2.05) is 0 Å². The van der Waals surface area contributed by atoms with Gasteiger partial charge in [-0.25, -0.2) is 19.7 Å². The molecule has 4 heterocycles. The van der Waals surface area contributed by atoms with Crippen LogP contribution in [0.2, 0.25) is 5.02 Å². The summed E-state index contributed by atoms with van der Waals surface area (Å²) >= 11 is 5.86. The first kappa shape index (κ1) is 12.6. The van der Waals surface area contributed by atoms with Crippen LogP contribution in [-0.2, 0) is 4.74 Å². The Kier molecular flexibility index (Phi) is 3.31. The summed E-state index contributed by atoms with van der Waals surface area (Å²) in [5.74, 6) is -0.481. The summed E-state index contributed by atoms with van der Waals surface area (Å²) in [6.07, 6.45) is 1.45. The Morgan fingerprint density at radius 2 is 2.19 bits per heavy atom. The van der Waals surface area contributed by atoms with Gasteiger partial charge in [-0.2, -0.15) is 0 Å². The number of pyridine rings is 1. The molecule has 0 spiro atoms. The molecule has 26 heavy (non-hydrogen) atoms. The zero-order valence-electron chi connectivity index (χ0n) is 17.2. The summed E-state index contributed by atoms with van der Waals surface area (Å²) in [6.45, 7) is -5.31. The van der Waals surface area contributed by atoms with E-state index < -0.39 is 31.2 Å². The number of ether oxygens (including phenoxy) is 1. The molecule has 9 nitrogen and oxygen atoms in total. The molecule has 4 rings (SSSR count). The Bertz CT molecular complexity index is 1010. The third-order valence-electron chi connectivity index (χ3n) is 3.75. The van der Waals surface area contributed by atoms with Gasteiger partial charge < -0.3 is 15.0 Å². The molecule has 2 aromatic rings. The van der Waals surface area contributed by atoms with E-state index in [2.05, 4.69) is 20.3 Å². The molecule has 2 aliphatic rings. The lowest BCUT2D eigenvalue weighted by Crippen LogP contribution is -2.47. The van der Waals surface area contributed by atoms with Crippen LogP contribution in [0.25, 0.3) is 0 Å². The van der Waals surface area contributed by atoms with Crippen LogP contribution >= 0.6 is 11.6 Å². The third kappa shape index (κ3) is 2.95. The van der Waals surface area contributed by atoms with Gasteiger partial charge in [-0.3, -0.25) is 9.78 Å². The summed E-state index contributed by atoms with van der Waals surface area (Å²) in [6, 6.07) is 2.96. The van der Waals surface area contributed by atoms with E-state index >= 15 is 0 Å². The Morgan fingerprint density at radius 3 is 3.00 bits per heavy atom. The predicted molar refractivity (Wildman–Crippen MR) is 91.8 cm³/mol. The van der Waals surface area contributed by atoms with Crippen molar-refractivity contribution in [1.29, 1.82) is 0 Å². The molecule has 2 aromatic heterocycles. The van der Waals surface area contributed by atoms with Crippen LogP contribution in [0.15, 0.2) is 30.7 Å². The minimum absolute atomic E-state index is 0.0179. The first-order valence-electron chi connectivity index (χ1n) is 9.63. The molecule has 1 fully saturated rings. The largest absolute Gasteiger partial charge is 0.419 e. The highest BCUT2D eigenvalue weighted by atomic mass is 35.5. The molecule has 1 unspecified atom stereocenters. The van der Waals surface area contributed by atoms with Crippen LogP contribution in [0.1, 0.15) is 27.9 Å². The van der Waals surface area contributed by atoms with E-state index in [1.165, 1.54) is 30.7 Å². The molecule has 2 aliphatic heterocycles. The van der Waals surface area contributed by atoms with Crippen LogP contribution in [0.4, 0.5) is 10.6 Å². The highest BCUT2D eigenvalue weighted by Crippen LogP contribution is 2.35. The lowest BCUT2D eigenvalue weighted by atomic mass is 10.3. The van der Waals surface area contributed by atoms with E-state index in [0.717, 1.165) is 4.90 Å². The molecule has 2 amide bonds. The number of anilines is 1. The minimum Gasteiger partial charge on any atom is -0.419 e. The highest BCUT2D eigenvalue weighted by molar-refractivity contribution is 6.30. The van der Waals surface area contributed by atoms with E-state index in [4.69, 9.17) is 21.8 Å². The number of carbonyl (C=O) groups is 2. The molecule has 0 saturated carbocycles. The van der Waals surface area contributed by atoms with Crippen molar-refractivity contribution in [3.05, 3.63) is 47.1 Å². The second-order valence-electron chi connectivity index (χ2n) is 5.35. The molecule has 10 heteroatoms. The number of nitrogens with one attached hydrogen (secondary N) is 1. The number of halogens is 1.